The highest BCUT2D eigenvalue weighted by Crippen LogP contribution is 2.37. The van der Waals surface area contributed by atoms with Crippen molar-refractivity contribution in [1.29, 1.82) is 0 Å². The Morgan fingerprint density at radius 2 is 1.61 bits per heavy atom. The largest absolute Gasteiger partial charge is 0.253 e. The van der Waals surface area contributed by atoms with E-state index in [1.807, 2.05) is 0 Å². The van der Waals surface area contributed by atoms with Gasteiger partial charge in [-0.05, 0) is 60.6 Å². The zero-order valence-electron chi connectivity index (χ0n) is 13.8. The van der Waals surface area contributed by atoms with Crippen molar-refractivity contribution < 1.29 is 0 Å². The number of aromatic nitrogens is 1. The van der Waals surface area contributed by atoms with E-state index in [0.717, 1.165) is 11.2 Å². The van der Waals surface area contributed by atoms with Gasteiger partial charge in [-0.2, -0.15) is 0 Å². The number of aryl methyl sites for hydroxylation is 1. The molecule has 23 heavy (non-hydrogen) atoms. The van der Waals surface area contributed by atoms with Crippen LogP contribution >= 0.6 is 0 Å². The molecule has 1 saturated carbocycles. The molecule has 1 nitrogen and oxygen atoms in total. The molecule has 1 aliphatic carbocycles. The smallest absolute Gasteiger partial charge is 0.0708 e. The van der Waals surface area contributed by atoms with Crippen molar-refractivity contribution in [3.05, 3.63) is 65.9 Å². The predicted octanol–water partition coefficient (Wildman–Crippen LogP) is 6.26. The van der Waals surface area contributed by atoms with Gasteiger partial charge in [0.1, 0.15) is 0 Å². The van der Waals surface area contributed by atoms with Crippen LogP contribution in [-0.4, -0.2) is 4.98 Å². The van der Waals surface area contributed by atoms with E-state index in [4.69, 9.17) is 4.98 Å². The fraction of sp³-hybridized carbons (Fsp3) is 0.318. The van der Waals surface area contributed by atoms with Crippen LogP contribution in [0, 0.1) is 6.92 Å². The van der Waals surface area contributed by atoms with Crippen molar-refractivity contribution in [2.75, 3.05) is 0 Å². The summed E-state index contributed by atoms with van der Waals surface area (Å²) in [6, 6.07) is 19.7. The van der Waals surface area contributed by atoms with Gasteiger partial charge in [-0.1, -0.05) is 55.7 Å². The second kappa shape index (κ2) is 6.16. The molecule has 1 aromatic heterocycles. The van der Waals surface area contributed by atoms with Gasteiger partial charge in [-0.15, -0.1) is 0 Å². The summed E-state index contributed by atoms with van der Waals surface area (Å²) in [5.41, 5.74) is 6.38. The first kappa shape index (κ1) is 14.4. The highest BCUT2D eigenvalue weighted by Gasteiger charge is 2.19. The molecule has 0 amide bonds. The zero-order valence-corrected chi connectivity index (χ0v) is 13.8. The fourth-order valence-electron chi connectivity index (χ4n) is 3.95. The summed E-state index contributed by atoms with van der Waals surface area (Å²) in [7, 11) is 0. The van der Waals surface area contributed by atoms with Gasteiger partial charge >= 0.3 is 0 Å². The third-order valence-electron chi connectivity index (χ3n) is 5.12. The van der Waals surface area contributed by atoms with E-state index < -0.39 is 0 Å². The topological polar surface area (TPSA) is 12.9 Å². The summed E-state index contributed by atoms with van der Waals surface area (Å²) in [5.74, 6) is 0.707. The number of benzene rings is 2. The second-order valence-electron chi connectivity index (χ2n) is 6.79. The number of hydrogen-bond acceptors (Lipinski definition) is 1. The number of rotatable bonds is 2. The monoisotopic (exact) mass is 302 g/mol. The summed E-state index contributed by atoms with van der Waals surface area (Å²) < 4.78 is 0. The summed E-state index contributed by atoms with van der Waals surface area (Å²) in [4.78, 5) is 4.77. The molecule has 1 heterocycles. The molecule has 0 radical (unpaired) electrons. The van der Waals surface area contributed by atoms with Gasteiger partial charge in [-0.3, -0.25) is 4.98 Å². The molecular formula is C22H23N. The molecule has 1 aliphatic rings. The third-order valence-corrected chi connectivity index (χ3v) is 5.12. The van der Waals surface area contributed by atoms with Gasteiger partial charge in [0, 0.05) is 11.1 Å². The lowest BCUT2D eigenvalue weighted by atomic mass is 9.83. The summed E-state index contributed by atoms with van der Waals surface area (Å²) >= 11 is 0. The lowest BCUT2D eigenvalue weighted by molar-refractivity contribution is 0.445. The van der Waals surface area contributed by atoms with E-state index in [1.165, 1.54) is 54.2 Å². The first-order chi connectivity index (χ1) is 11.3. The fourth-order valence-corrected chi connectivity index (χ4v) is 3.95. The van der Waals surface area contributed by atoms with E-state index >= 15 is 0 Å². The Morgan fingerprint density at radius 3 is 2.39 bits per heavy atom. The van der Waals surface area contributed by atoms with Crippen LogP contribution in [0.15, 0.2) is 54.6 Å². The number of nitrogens with zero attached hydrogens (tertiary/aromatic N) is 1. The zero-order chi connectivity index (χ0) is 15.6. The third kappa shape index (κ3) is 2.88. The van der Waals surface area contributed by atoms with Crippen LogP contribution in [0.5, 0.6) is 0 Å². The standard InChI is InChI=1S/C22H23N/c1-16-14-20(18-10-6-3-7-11-18)21-15-19(12-13-22(21)23-16)17-8-4-2-5-9-17/h2,4-5,8-9,12-15,18H,3,6-7,10-11H2,1H3/i16+1. The molecule has 0 atom stereocenters. The maximum atomic E-state index is 4.77. The maximum absolute atomic E-state index is 4.77. The van der Waals surface area contributed by atoms with Gasteiger partial charge in [0.15, 0.2) is 0 Å². The average molecular weight is 302 g/mol. The van der Waals surface area contributed by atoms with E-state index in [9.17, 15) is 0 Å². The molecule has 1 fully saturated rings. The lowest BCUT2D eigenvalue weighted by Crippen LogP contribution is -2.06. The first-order valence-corrected chi connectivity index (χ1v) is 8.78. The van der Waals surface area contributed by atoms with Crippen molar-refractivity contribution in [3.8, 4) is 11.1 Å². The molecule has 2 aromatic carbocycles. The van der Waals surface area contributed by atoms with Crippen molar-refractivity contribution in [3.63, 3.8) is 0 Å². The summed E-state index contributed by atoms with van der Waals surface area (Å²) in [6.45, 7) is 2.12. The van der Waals surface area contributed by atoms with Gasteiger partial charge in [0.05, 0.1) is 5.52 Å². The normalized spacial score (nSPS) is 15.9. The average Bonchev–Trinajstić information content (AvgIpc) is 2.62. The van der Waals surface area contributed by atoms with Crippen molar-refractivity contribution in [2.45, 2.75) is 44.9 Å². The van der Waals surface area contributed by atoms with Gasteiger partial charge < -0.3 is 0 Å². The highest BCUT2D eigenvalue weighted by atomic mass is 14.9. The Balaban J connectivity index is 1.87. The molecule has 0 aliphatic heterocycles. The summed E-state index contributed by atoms with van der Waals surface area (Å²) in [5, 5.41) is 1.35. The molecule has 0 spiro atoms. The Kier molecular flexibility index (Phi) is 3.87. The Morgan fingerprint density at radius 1 is 0.826 bits per heavy atom. The molecule has 116 valence electrons. The van der Waals surface area contributed by atoms with Crippen molar-refractivity contribution >= 4 is 10.9 Å². The minimum atomic E-state index is 0.707. The van der Waals surface area contributed by atoms with E-state index in [1.54, 1.807) is 0 Å². The van der Waals surface area contributed by atoms with Crippen LogP contribution < -0.4 is 0 Å². The number of pyridine rings is 1. The molecule has 0 saturated heterocycles. The first-order valence-electron chi connectivity index (χ1n) is 8.78. The molecule has 3 aromatic rings. The maximum Gasteiger partial charge on any atom is 0.0708 e. The SMILES string of the molecule is C[13c]1cc(C2CCCCC2)c2cc(-c3ccccc3)ccc2n1. The van der Waals surface area contributed by atoms with Crippen LogP contribution in [0.4, 0.5) is 0 Å². The molecule has 4 rings (SSSR count). The van der Waals surface area contributed by atoms with Crippen molar-refractivity contribution in [1.82, 2.24) is 4.98 Å². The molecule has 0 unspecified atom stereocenters. The van der Waals surface area contributed by atoms with Crippen molar-refractivity contribution in [2.24, 2.45) is 0 Å². The molecule has 1 heteroatoms. The van der Waals surface area contributed by atoms with Crippen LogP contribution in [0.3, 0.4) is 0 Å². The van der Waals surface area contributed by atoms with Crippen LogP contribution in [0.2, 0.25) is 0 Å². The van der Waals surface area contributed by atoms with Gasteiger partial charge in [-0.25, -0.2) is 0 Å². The van der Waals surface area contributed by atoms with E-state index in [-0.39, 0.29) is 0 Å². The molecule has 0 bridgehead atoms. The highest BCUT2D eigenvalue weighted by molar-refractivity contribution is 5.87. The summed E-state index contributed by atoms with van der Waals surface area (Å²) in [6.07, 6.45) is 6.79. The predicted molar refractivity (Wildman–Crippen MR) is 97.7 cm³/mol. The van der Waals surface area contributed by atoms with Gasteiger partial charge in [0.2, 0.25) is 0 Å². The minimum Gasteiger partial charge on any atom is -0.253 e. The van der Waals surface area contributed by atoms with Crippen LogP contribution in [-0.2, 0) is 0 Å². The minimum absolute atomic E-state index is 0.707. The second-order valence-corrected chi connectivity index (χ2v) is 6.79. The van der Waals surface area contributed by atoms with Gasteiger partial charge in [0.25, 0.3) is 0 Å². The Hall–Kier alpha value is -2.15. The van der Waals surface area contributed by atoms with Crippen LogP contribution in [0.25, 0.3) is 22.0 Å². The Bertz CT molecular complexity index is 814. The number of hydrogen-bond donors (Lipinski definition) is 0. The van der Waals surface area contributed by atoms with E-state index in [2.05, 4.69) is 61.5 Å². The van der Waals surface area contributed by atoms with E-state index in [0.29, 0.717) is 5.92 Å². The van der Waals surface area contributed by atoms with Crippen LogP contribution in [0.1, 0.15) is 49.3 Å². The number of fused-ring (bicyclic) bond motifs is 1. The quantitative estimate of drug-likeness (QED) is 0.544. The Labute approximate surface area is 138 Å². The lowest BCUT2D eigenvalue weighted by Gasteiger charge is -2.24. The molecular weight excluding hydrogens is 279 g/mol. The molecule has 0 N–H and O–H groups in total.